The van der Waals surface area contributed by atoms with Crippen LogP contribution in [0.4, 0.5) is 10.1 Å². The summed E-state index contributed by atoms with van der Waals surface area (Å²) in [6.45, 7) is 0. The molecule has 3 N–H and O–H groups in total. The van der Waals surface area contributed by atoms with E-state index in [1.807, 2.05) is 0 Å². The molecule has 1 heterocycles. The van der Waals surface area contributed by atoms with Crippen LogP contribution >= 0.6 is 0 Å². The second-order valence-corrected chi connectivity index (χ2v) is 5.44. The Morgan fingerprint density at radius 2 is 2.00 bits per heavy atom. The Bertz CT molecular complexity index is 762. The first kappa shape index (κ1) is 13.9. The third-order valence-corrected chi connectivity index (χ3v) is 3.69. The molecule has 104 valence electrons. The topological polar surface area (TPSA) is 102 Å². The van der Waals surface area contributed by atoms with E-state index in [0.717, 1.165) is 12.3 Å². The van der Waals surface area contributed by atoms with Crippen LogP contribution < -0.4 is 10.5 Å². The number of hydrogen-bond acceptors (Lipinski definition) is 4. The van der Waals surface area contributed by atoms with Gasteiger partial charge in [-0.25, -0.2) is 9.37 Å². The zero-order chi connectivity index (χ0) is 14.8. The van der Waals surface area contributed by atoms with Crippen LogP contribution in [-0.2, 0) is 10.0 Å². The molecule has 1 amide bonds. The van der Waals surface area contributed by atoms with Crippen LogP contribution in [0, 0.1) is 5.82 Å². The molecule has 0 radical (unpaired) electrons. The van der Waals surface area contributed by atoms with Crippen LogP contribution in [0.5, 0.6) is 0 Å². The third kappa shape index (κ3) is 2.91. The van der Waals surface area contributed by atoms with Crippen molar-refractivity contribution in [3.8, 4) is 0 Å². The van der Waals surface area contributed by atoms with E-state index >= 15 is 0 Å². The van der Waals surface area contributed by atoms with Crippen molar-refractivity contribution in [2.24, 2.45) is 5.73 Å². The van der Waals surface area contributed by atoms with Crippen molar-refractivity contribution in [2.45, 2.75) is 5.03 Å². The fourth-order valence-corrected chi connectivity index (χ4v) is 2.57. The quantitative estimate of drug-likeness (QED) is 0.882. The van der Waals surface area contributed by atoms with E-state index in [9.17, 15) is 17.6 Å². The van der Waals surface area contributed by atoms with Crippen molar-refractivity contribution in [3.05, 3.63) is 54.0 Å². The smallest absolute Gasteiger partial charge is 0.282 e. The van der Waals surface area contributed by atoms with Gasteiger partial charge in [-0.2, -0.15) is 8.42 Å². The van der Waals surface area contributed by atoms with Crippen LogP contribution in [0.15, 0.2) is 47.6 Å². The minimum atomic E-state index is -4.17. The van der Waals surface area contributed by atoms with E-state index in [-0.39, 0.29) is 11.3 Å². The molecule has 1 aromatic carbocycles. The molecule has 8 heteroatoms. The van der Waals surface area contributed by atoms with Crippen LogP contribution in [0.2, 0.25) is 0 Å². The highest BCUT2D eigenvalue weighted by Gasteiger charge is 2.20. The number of sulfonamides is 1. The van der Waals surface area contributed by atoms with Gasteiger partial charge in [0.2, 0.25) is 10.9 Å². The van der Waals surface area contributed by atoms with Crippen molar-refractivity contribution in [1.29, 1.82) is 0 Å². The predicted octanol–water partition coefficient (Wildman–Crippen LogP) is 1.12. The maximum atomic E-state index is 13.4. The molecule has 0 unspecified atom stereocenters. The summed E-state index contributed by atoms with van der Waals surface area (Å²) in [5.41, 5.74) is 5.31. The molecule has 0 atom stereocenters. The van der Waals surface area contributed by atoms with Crippen LogP contribution in [0.25, 0.3) is 0 Å². The summed E-state index contributed by atoms with van der Waals surface area (Å²) in [6, 6.07) is 7.81. The number of halogens is 1. The molecular formula is C12H10FN3O3S. The van der Waals surface area contributed by atoms with Crippen molar-refractivity contribution in [1.82, 2.24) is 4.98 Å². The first-order valence-corrected chi connectivity index (χ1v) is 6.92. The minimum Gasteiger partial charge on any atom is -0.366 e. The number of nitrogens with two attached hydrogens (primary N) is 1. The minimum absolute atomic E-state index is 0.0892. The lowest BCUT2D eigenvalue weighted by molar-refractivity contribution is 0.100. The highest BCUT2D eigenvalue weighted by molar-refractivity contribution is 7.92. The Labute approximate surface area is 114 Å². The zero-order valence-electron chi connectivity index (χ0n) is 10.1. The van der Waals surface area contributed by atoms with Crippen LogP contribution in [-0.4, -0.2) is 19.3 Å². The van der Waals surface area contributed by atoms with Gasteiger partial charge in [0.05, 0.1) is 0 Å². The molecule has 1 aromatic heterocycles. The van der Waals surface area contributed by atoms with E-state index in [0.29, 0.717) is 0 Å². The van der Waals surface area contributed by atoms with Gasteiger partial charge in [-0.1, -0.05) is 6.07 Å². The molecule has 2 rings (SSSR count). The Hall–Kier alpha value is -2.48. The van der Waals surface area contributed by atoms with Crippen molar-refractivity contribution in [3.63, 3.8) is 0 Å². The highest BCUT2D eigenvalue weighted by atomic mass is 32.2. The van der Waals surface area contributed by atoms with E-state index in [4.69, 9.17) is 5.73 Å². The molecule has 0 bridgehead atoms. The molecule has 0 aliphatic carbocycles. The van der Waals surface area contributed by atoms with Gasteiger partial charge in [-0.3, -0.25) is 9.52 Å². The molecule has 0 aliphatic rings. The van der Waals surface area contributed by atoms with E-state index in [1.165, 1.54) is 30.3 Å². The largest absolute Gasteiger partial charge is 0.366 e. The maximum Gasteiger partial charge on any atom is 0.282 e. The number of hydrogen-bond donors (Lipinski definition) is 2. The molecule has 6 nitrogen and oxygen atoms in total. The molecular weight excluding hydrogens is 285 g/mol. The Kier molecular flexibility index (Phi) is 3.66. The summed E-state index contributed by atoms with van der Waals surface area (Å²) < 4.78 is 39.5. The number of amides is 1. The number of pyridine rings is 1. The number of rotatable bonds is 4. The Morgan fingerprint density at radius 3 is 2.65 bits per heavy atom. The van der Waals surface area contributed by atoms with E-state index in [2.05, 4.69) is 9.71 Å². The van der Waals surface area contributed by atoms with Gasteiger partial charge in [0.1, 0.15) is 0 Å². The molecule has 0 fully saturated rings. The zero-order valence-corrected chi connectivity index (χ0v) is 10.9. The lowest BCUT2D eigenvalue weighted by Gasteiger charge is -2.08. The molecule has 0 saturated heterocycles. The summed E-state index contributed by atoms with van der Waals surface area (Å²) in [7, 11) is -4.17. The fourth-order valence-electron chi connectivity index (χ4n) is 1.51. The molecule has 20 heavy (non-hydrogen) atoms. The van der Waals surface area contributed by atoms with Gasteiger partial charge in [-0.05, 0) is 30.3 Å². The highest BCUT2D eigenvalue weighted by Crippen LogP contribution is 2.17. The van der Waals surface area contributed by atoms with E-state index in [1.54, 1.807) is 0 Å². The fraction of sp³-hybridized carbons (Fsp3) is 0. The Morgan fingerprint density at radius 1 is 1.25 bits per heavy atom. The van der Waals surface area contributed by atoms with Gasteiger partial charge < -0.3 is 5.73 Å². The average molecular weight is 295 g/mol. The summed E-state index contributed by atoms with van der Waals surface area (Å²) in [5, 5.41) is -0.718. The van der Waals surface area contributed by atoms with Gasteiger partial charge >= 0.3 is 0 Å². The number of benzene rings is 1. The monoisotopic (exact) mass is 295 g/mol. The van der Waals surface area contributed by atoms with E-state index < -0.39 is 26.8 Å². The lowest BCUT2D eigenvalue weighted by atomic mass is 10.2. The van der Waals surface area contributed by atoms with Crippen molar-refractivity contribution < 1.29 is 17.6 Å². The van der Waals surface area contributed by atoms with Crippen molar-refractivity contribution >= 4 is 21.6 Å². The second kappa shape index (κ2) is 5.25. The number of nitrogens with zero attached hydrogens (tertiary/aromatic N) is 1. The molecule has 0 aliphatic heterocycles. The number of aromatic nitrogens is 1. The van der Waals surface area contributed by atoms with Gasteiger partial charge in [-0.15, -0.1) is 0 Å². The first-order valence-electron chi connectivity index (χ1n) is 5.43. The third-order valence-electron chi connectivity index (χ3n) is 2.38. The normalized spacial score (nSPS) is 11.1. The number of primary amides is 1. The van der Waals surface area contributed by atoms with Gasteiger partial charge in [0.25, 0.3) is 10.0 Å². The second-order valence-electron chi connectivity index (χ2n) is 3.84. The molecule has 0 spiro atoms. The predicted molar refractivity (Wildman–Crippen MR) is 70.0 cm³/mol. The summed E-state index contributed by atoms with van der Waals surface area (Å²) >= 11 is 0. The SMILES string of the molecule is NC(=O)c1cccc(NS(=O)(=O)c2ncccc2F)c1. The molecule has 2 aromatic rings. The number of carbonyl (C=O) groups is 1. The number of nitrogens with one attached hydrogen (secondary N) is 1. The van der Waals surface area contributed by atoms with Gasteiger partial charge in [0, 0.05) is 17.4 Å². The maximum absolute atomic E-state index is 13.4. The van der Waals surface area contributed by atoms with Gasteiger partial charge in [0.15, 0.2) is 5.82 Å². The number of carbonyl (C=O) groups excluding carboxylic acids is 1. The number of anilines is 1. The van der Waals surface area contributed by atoms with Crippen molar-refractivity contribution in [2.75, 3.05) is 4.72 Å². The first-order chi connectivity index (χ1) is 9.40. The van der Waals surface area contributed by atoms with Crippen LogP contribution in [0.3, 0.4) is 0 Å². The Balaban J connectivity index is 2.36. The molecule has 0 saturated carbocycles. The summed E-state index contributed by atoms with van der Waals surface area (Å²) in [6.07, 6.45) is 1.16. The van der Waals surface area contributed by atoms with Crippen LogP contribution in [0.1, 0.15) is 10.4 Å². The summed E-state index contributed by atoms with van der Waals surface area (Å²) in [4.78, 5) is 14.5. The summed E-state index contributed by atoms with van der Waals surface area (Å²) in [5.74, 6) is -1.67. The lowest BCUT2D eigenvalue weighted by Crippen LogP contribution is -2.17. The average Bonchev–Trinajstić information content (AvgIpc) is 2.38. The standard InChI is InChI=1S/C12H10FN3O3S/c13-10-5-2-6-15-12(10)20(18,19)16-9-4-1-3-8(7-9)11(14)17/h1-7,16H,(H2,14,17).